The van der Waals surface area contributed by atoms with E-state index in [0.29, 0.717) is 51.5 Å². The molecule has 5 heteroatoms. The van der Waals surface area contributed by atoms with Gasteiger partial charge in [-0.2, -0.15) is 0 Å². The van der Waals surface area contributed by atoms with Crippen molar-refractivity contribution in [1.29, 1.82) is 0 Å². The molecule has 1 heterocycles. The van der Waals surface area contributed by atoms with E-state index >= 15 is 0 Å². The molecule has 2 fully saturated rings. The highest BCUT2D eigenvalue weighted by Crippen LogP contribution is 2.28. The van der Waals surface area contributed by atoms with Crippen molar-refractivity contribution in [3.8, 4) is 5.75 Å². The van der Waals surface area contributed by atoms with Crippen LogP contribution in [0.5, 0.6) is 5.75 Å². The first kappa shape index (κ1) is 20.7. The molecule has 0 spiro atoms. The van der Waals surface area contributed by atoms with Crippen molar-refractivity contribution in [2.75, 3.05) is 32.8 Å². The van der Waals surface area contributed by atoms with E-state index in [1.54, 1.807) is 0 Å². The number of hydrogen-bond donors (Lipinski definition) is 0. The zero-order valence-electron chi connectivity index (χ0n) is 17.6. The predicted molar refractivity (Wildman–Crippen MR) is 110 cm³/mol. The molecule has 154 valence electrons. The quantitative estimate of drug-likeness (QED) is 0.702. The van der Waals surface area contributed by atoms with Crippen LogP contribution >= 0.6 is 0 Å². The summed E-state index contributed by atoms with van der Waals surface area (Å²) in [5, 5.41) is 0. The lowest BCUT2D eigenvalue weighted by molar-refractivity contribution is -0.144. The minimum absolute atomic E-state index is 0.136. The van der Waals surface area contributed by atoms with Gasteiger partial charge in [0, 0.05) is 38.5 Å². The van der Waals surface area contributed by atoms with Crippen molar-refractivity contribution >= 4 is 11.8 Å². The molecule has 3 rings (SSSR count). The van der Waals surface area contributed by atoms with Crippen molar-refractivity contribution in [3.05, 3.63) is 29.8 Å². The monoisotopic (exact) mass is 386 g/mol. The van der Waals surface area contributed by atoms with Gasteiger partial charge < -0.3 is 14.5 Å². The number of benzene rings is 1. The third-order valence-electron chi connectivity index (χ3n) is 5.92. The van der Waals surface area contributed by atoms with Gasteiger partial charge in [0.05, 0.1) is 6.61 Å². The van der Waals surface area contributed by atoms with E-state index in [9.17, 15) is 9.59 Å². The molecule has 2 aliphatic rings. The number of hydrogen-bond acceptors (Lipinski definition) is 3. The minimum Gasteiger partial charge on any atom is -0.494 e. The molecule has 1 aromatic rings. The maximum absolute atomic E-state index is 12.4. The maximum Gasteiger partial charge on any atom is 0.225 e. The van der Waals surface area contributed by atoms with Crippen molar-refractivity contribution in [2.24, 2.45) is 5.92 Å². The first-order valence-corrected chi connectivity index (χ1v) is 10.6. The minimum atomic E-state index is 0.136. The summed E-state index contributed by atoms with van der Waals surface area (Å²) < 4.78 is 5.78. The average Bonchev–Trinajstić information content (AvgIpc) is 2.63. The normalized spacial score (nSPS) is 18.0. The molecule has 28 heavy (non-hydrogen) atoms. The first-order chi connectivity index (χ1) is 13.3. The van der Waals surface area contributed by atoms with Gasteiger partial charge in [0.1, 0.15) is 5.75 Å². The Morgan fingerprint density at radius 1 is 1.00 bits per heavy atom. The lowest BCUT2D eigenvalue weighted by Crippen LogP contribution is -2.52. The van der Waals surface area contributed by atoms with E-state index in [1.807, 2.05) is 21.9 Å². The topological polar surface area (TPSA) is 49.9 Å². The van der Waals surface area contributed by atoms with Gasteiger partial charge in [-0.15, -0.1) is 0 Å². The molecule has 1 aliphatic carbocycles. The van der Waals surface area contributed by atoms with Gasteiger partial charge in [-0.3, -0.25) is 9.59 Å². The van der Waals surface area contributed by atoms with Crippen LogP contribution in [0.2, 0.25) is 0 Å². The standard InChI is InChI=1S/C23H34N2O3/c1-23(2,3)19-9-11-20(12-10-19)28-17-5-8-21(26)24-13-15-25(16-14-24)22(27)18-6-4-7-18/h9-12,18H,4-8,13-17H2,1-3H3. The molecule has 0 N–H and O–H groups in total. The summed E-state index contributed by atoms with van der Waals surface area (Å²) >= 11 is 0. The Labute approximate surface area is 169 Å². The Morgan fingerprint density at radius 2 is 1.61 bits per heavy atom. The Hall–Kier alpha value is -2.04. The van der Waals surface area contributed by atoms with E-state index in [0.717, 1.165) is 18.6 Å². The van der Waals surface area contributed by atoms with Crippen LogP contribution in [0.1, 0.15) is 58.4 Å². The van der Waals surface area contributed by atoms with E-state index in [1.165, 1.54) is 12.0 Å². The second-order valence-electron chi connectivity index (χ2n) is 9.06. The molecule has 1 aromatic carbocycles. The number of carbonyl (C=O) groups is 2. The molecule has 1 saturated carbocycles. The third-order valence-corrected chi connectivity index (χ3v) is 5.92. The summed E-state index contributed by atoms with van der Waals surface area (Å²) in [6, 6.07) is 8.21. The number of carbonyl (C=O) groups excluding carboxylic acids is 2. The summed E-state index contributed by atoms with van der Waals surface area (Å²) in [6.07, 6.45) is 4.46. The summed E-state index contributed by atoms with van der Waals surface area (Å²) in [6.45, 7) is 9.79. The number of ether oxygens (including phenoxy) is 1. The fraction of sp³-hybridized carbons (Fsp3) is 0.652. The van der Waals surface area contributed by atoms with Crippen LogP contribution in [-0.4, -0.2) is 54.4 Å². The summed E-state index contributed by atoms with van der Waals surface area (Å²) in [7, 11) is 0. The van der Waals surface area contributed by atoms with Crippen molar-refractivity contribution in [2.45, 2.75) is 58.3 Å². The summed E-state index contributed by atoms with van der Waals surface area (Å²) in [5.41, 5.74) is 1.42. The van der Waals surface area contributed by atoms with Crippen LogP contribution in [0.25, 0.3) is 0 Å². The Bertz CT molecular complexity index is 666. The molecule has 1 saturated heterocycles. The van der Waals surface area contributed by atoms with Crippen LogP contribution in [0, 0.1) is 5.92 Å². The van der Waals surface area contributed by atoms with E-state index in [-0.39, 0.29) is 17.2 Å². The maximum atomic E-state index is 12.4. The van der Waals surface area contributed by atoms with Gasteiger partial charge in [-0.25, -0.2) is 0 Å². The smallest absolute Gasteiger partial charge is 0.225 e. The molecular formula is C23H34N2O3. The van der Waals surface area contributed by atoms with Gasteiger partial charge in [-0.05, 0) is 42.4 Å². The first-order valence-electron chi connectivity index (χ1n) is 10.6. The highest BCUT2D eigenvalue weighted by Gasteiger charge is 2.31. The van der Waals surface area contributed by atoms with E-state index in [2.05, 4.69) is 32.9 Å². The fourth-order valence-electron chi connectivity index (χ4n) is 3.71. The molecule has 5 nitrogen and oxygen atoms in total. The summed E-state index contributed by atoms with van der Waals surface area (Å²) in [5.74, 6) is 1.56. The van der Waals surface area contributed by atoms with Gasteiger partial charge >= 0.3 is 0 Å². The van der Waals surface area contributed by atoms with Gasteiger partial charge in [0.15, 0.2) is 0 Å². The Morgan fingerprint density at radius 3 is 2.14 bits per heavy atom. The zero-order valence-corrected chi connectivity index (χ0v) is 17.6. The molecule has 1 aliphatic heterocycles. The van der Waals surface area contributed by atoms with E-state index < -0.39 is 0 Å². The highest BCUT2D eigenvalue weighted by molar-refractivity contribution is 5.80. The van der Waals surface area contributed by atoms with Crippen molar-refractivity contribution in [1.82, 2.24) is 9.80 Å². The number of amides is 2. The molecular weight excluding hydrogens is 352 g/mol. The fourth-order valence-corrected chi connectivity index (χ4v) is 3.71. The largest absolute Gasteiger partial charge is 0.494 e. The molecule has 0 bridgehead atoms. The Balaban J connectivity index is 1.33. The van der Waals surface area contributed by atoms with Gasteiger partial charge in [-0.1, -0.05) is 39.3 Å². The van der Waals surface area contributed by atoms with Crippen molar-refractivity contribution < 1.29 is 14.3 Å². The van der Waals surface area contributed by atoms with Gasteiger partial charge in [0.25, 0.3) is 0 Å². The molecule has 0 atom stereocenters. The molecule has 0 aromatic heterocycles. The van der Waals surface area contributed by atoms with E-state index in [4.69, 9.17) is 4.74 Å². The second-order valence-corrected chi connectivity index (χ2v) is 9.06. The second kappa shape index (κ2) is 8.97. The van der Waals surface area contributed by atoms with Crippen LogP contribution in [0.4, 0.5) is 0 Å². The molecule has 0 unspecified atom stereocenters. The predicted octanol–water partition coefficient (Wildman–Crippen LogP) is 3.61. The van der Waals surface area contributed by atoms with Crippen molar-refractivity contribution in [3.63, 3.8) is 0 Å². The number of rotatable bonds is 6. The zero-order chi connectivity index (χ0) is 20.1. The molecule has 0 radical (unpaired) electrons. The lowest BCUT2D eigenvalue weighted by atomic mass is 9.84. The van der Waals surface area contributed by atoms with Crippen LogP contribution in [0.3, 0.4) is 0 Å². The number of piperazine rings is 1. The molecule has 2 amide bonds. The number of nitrogens with zero attached hydrogens (tertiary/aromatic N) is 2. The summed E-state index contributed by atoms with van der Waals surface area (Å²) in [4.78, 5) is 28.5. The van der Waals surface area contributed by atoms with Crippen LogP contribution in [-0.2, 0) is 15.0 Å². The van der Waals surface area contributed by atoms with Crippen LogP contribution in [0.15, 0.2) is 24.3 Å². The Kier molecular flexibility index (Phi) is 6.63. The third kappa shape index (κ3) is 5.27. The van der Waals surface area contributed by atoms with Gasteiger partial charge in [0.2, 0.25) is 11.8 Å². The SMILES string of the molecule is CC(C)(C)c1ccc(OCCCC(=O)N2CCN(C(=O)C3CCC3)CC2)cc1. The highest BCUT2D eigenvalue weighted by atomic mass is 16.5. The van der Waals surface area contributed by atoms with Crippen LogP contribution < -0.4 is 4.74 Å². The average molecular weight is 387 g/mol. The lowest BCUT2D eigenvalue weighted by Gasteiger charge is -2.38.